The Kier molecular flexibility index (Phi) is 6.49. The van der Waals surface area contributed by atoms with Crippen LogP contribution in [0.1, 0.15) is 24.2 Å². The topological polar surface area (TPSA) is 99.2 Å². The molecular formula is C19H20N4O4S. The Morgan fingerprint density at radius 2 is 2.00 bits per heavy atom. The number of anilines is 1. The molecule has 3 aromatic rings. The molecule has 0 saturated carbocycles. The van der Waals surface area contributed by atoms with Crippen molar-refractivity contribution >= 4 is 29.3 Å². The zero-order chi connectivity index (χ0) is 19.9. The van der Waals surface area contributed by atoms with Crippen LogP contribution in [0.3, 0.4) is 0 Å². The lowest BCUT2D eigenvalue weighted by Gasteiger charge is -2.10. The molecule has 0 bridgehead atoms. The molecule has 0 saturated heterocycles. The van der Waals surface area contributed by atoms with E-state index >= 15 is 0 Å². The van der Waals surface area contributed by atoms with Gasteiger partial charge in [-0.05, 0) is 38.1 Å². The molecule has 28 heavy (non-hydrogen) atoms. The van der Waals surface area contributed by atoms with Gasteiger partial charge in [-0.3, -0.25) is 9.36 Å². The third-order valence-corrected chi connectivity index (χ3v) is 4.77. The van der Waals surface area contributed by atoms with Crippen molar-refractivity contribution in [3.8, 4) is 11.6 Å². The normalized spacial score (nSPS) is 10.6. The molecule has 0 spiro atoms. The molecule has 1 aromatic carbocycles. The number of carbonyl (C=O) groups is 2. The molecule has 9 heteroatoms. The number of ether oxygens (including phenoxy) is 1. The smallest absolute Gasteiger partial charge is 0.340 e. The van der Waals surface area contributed by atoms with Gasteiger partial charge >= 0.3 is 5.97 Å². The monoisotopic (exact) mass is 400 g/mol. The lowest BCUT2D eigenvalue weighted by Crippen LogP contribution is -2.17. The second-order valence-corrected chi connectivity index (χ2v) is 6.57. The Labute approximate surface area is 166 Å². The average Bonchev–Trinajstić information content (AvgIpc) is 3.36. The Morgan fingerprint density at radius 1 is 1.18 bits per heavy atom. The molecule has 146 valence electrons. The van der Waals surface area contributed by atoms with E-state index < -0.39 is 5.97 Å². The van der Waals surface area contributed by atoms with E-state index in [0.717, 1.165) is 0 Å². The molecule has 1 N–H and O–H groups in total. The zero-order valence-electron chi connectivity index (χ0n) is 15.5. The molecule has 1 amide bonds. The van der Waals surface area contributed by atoms with Gasteiger partial charge in [0.1, 0.15) is 0 Å². The summed E-state index contributed by atoms with van der Waals surface area (Å²) in [6, 6.07) is 10.3. The number of nitrogens with zero attached hydrogens (tertiary/aromatic N) is 3. The first-order valence-corrected chi connectivity index (χ1v) is 9.78. The largest absolute Gasteiger partial charge is 0.462 e. The van der Waals surface area contributed by atoms with Gasteiger partial charge in [-0.15, -0.1) is 10.2 Å². The molecule has 0 atom stereocenters. The second-order valence-electron chi connectivity index (χ2n) is 5.63. The summed E-state index contributed by atoms with van der Waals surface area (Å²) in [6.45, 7) is 4.60. The number of hydrogen-bond donors (Lipinski definition) is 1. The Balaban J connectivity index is 1.67. The van der Waals surface area contributed by atoms with Crippen molar-refractivity contribution in [1.29, 1.82) is 0 Å². The SMILES string of the molecule is CCOC(=O)c1ccccc1NC(=O)CSc1nnc(-c2ccco2)n1CC. The van der Waals surface area contributed by atoms with Crippen LogP contribution in [0.15, 0.2) is 52.2 Å². The van der Waals surface area contributed by atoms with E-state index in [2.05, 4.69) is 15.5 Å². The lowest BCUT2D eigenvalue weighted by atomic mass is 10.2. The number of thioether (sulfide) groups is 1. The number of carbonyl (C=O) groups excluding carboxylic acids is 2. The van der Waals surface area contributed by atoms with E-state index in [4.69, 9.17) is 9.15 Å². The quantitative estimate of drug-likeness (QED) is 0.456. The van der Waals surface area contributed by atoms with E-state index in [1.54, 1.807) is 43.5 Å². The summed E-state index contributed by atoms with van der Waals surface area (Å²) in [5, 5.41) is 11.7. The van der Waals surface area contributed by atoms with Gasteiger partial charge in [0, 0.05) is 6.54 Å². The Morgan fingerprint density at radius 3 is 2.71 bits per heavy atom. The minimum atomic E-state index is -0.472. The molecule has 8 nitrogen and oxygen atoms in total. The van der Waals surface area contributed by atoms with E-state index in [-0.39, 0.29) is 18.3 Å². The molecule has 0 fully saturated rings. The summed E-state index contributed by atoms with van der Waals surface area (Å²) < 4.78 is 12.3. The Bertz CT molecular complexity index is 953. The summed E-state index contributed by atoms with van der Waals surface area (Å²) in [5.74, 6) is 0.622. The van der Waals surface area contributed by atoms with Crippen molar-refractivity contribution in [2.45, 2.75) is 25.5 Å². The third-order valence-electron chi connectivity index (χ3n) is 3.80. The van der Waals surface area contributed by atoms with Crippen LogP contribution in [0.25, 0.3) is 11.6 Å². The molecule has 0 unspecified atom stereocenters. The highest BCUT2D eigenvalue weighted by atomic mass is 32.2. The fraction of sp³-hybridized carbons (Fsp3) is 0.263. The van der Waals surface area contributed by atoms with Crippen LogP contribution < -0.4 is 5.32 Å². The predicted octanol–water partition coefficient (Wildman–Crippen LogP) is 3.47. The van der Waals surface area contributed by atoms with Crippen molar-refractivity contribution in [3.05, 3.63) is 48.2 Å². The van der Waals surface area contributed by atoms with Crippen molar-refractivity contribution in [2.75, 3.05) is 17.7 Å². The standard InChI is InChI=1S/C19H20N4O4S/c1-3-23-17(15-10-7-11-27-15)21-22-19(23)28-12-16(24)20-14-9-6-5-8-13(14)18(25)26-4-2/h5-11H,3-4,12H2,1-2H3,(H,20,24). The summed E-state index contributed by atoms with van der Waals surface area (Å²) >= 11 is 1.26. The van der Waals surface area contributed by atoms with Crippen LogP contribution in [0.4, 0.5) is 5.69 Å². The van der Waals surface area contributed by atoms with Crippen LogP contribution in [0.2, 0.25) is 0 Å². The second kappa shape index (κ2) is 9.23. The maximum atomic E-state index is 12.4. The third kappa shape index (κ3) is 4.42. The van der Waals surface area contributed by atoms with Crippen molar-refractivity contribution in [3.63, 3.8) is 0 Å². The maximum Gasteiger partial charge on any atom is 0.340 e. The van der Waals surface area contributed by atoms with E-state index in [1.165, 1.54) is 11.8 Å². The molecule has 2 heterocycles. The molecule has 3 rings (SSSR count). The number of furan rings is 1. The lowest BCUT2D eigenvalue weighted by molar-refractivity contribution is -0.113. The van der Waals surface area contributed by atoms with Gasteiger partial charge in [0.15, 0.2) is 16.7 Å². The summed E-state index contributed by atoms with van der Waals surface area (Å²) in [7, 11) is 0. The van der Waals surface area contributed by atoms with E-state index in [0.29, 0.717) is 34.5 Å². The summed E-state index contributed by atoms with van der Waals surface area (Å²) in [5.41, 5.74) is 0.735. The molecule has 0 radical (unpaired) electrons. The molecule has 0 aliphatic carbocycles. The first kappa shape index (κ1) is 19.7. The van der Waals surface area contributed by atoms with Crippen LogP contribution >= 0.6 is 11.8 Å². The molecular weight excluding hydrogens is 380 g/mol. The van der Waals surface area contributed by atoms with Crippen LogP contribution in [-0.4, -0.2) is 39.0 Å². The number of amides is 1. The van der Waals surface area contributed by atoms with Crippen molar-refractivity contribution in [2.24, 2.45) is 0 Å². The number of aromatic nitrogens is 3. The highest BCUT2D eigenvalue weighted by molar-refractivity contribution is 7.99. The molecule has 0 aliphatic rings. The molecule has 2 aromatic heterocycles. The van der Waals surface area contributed by atoms with Gasteiger partial charge in [-0.25, -0.2) is 4.79 Å². The number of hydrogen-bond acceptors (Lipinski definition) is 7. The summed E-state index contributed by atoms with van der Waals surface area (Å²) in [4.78, 5) is 24.4. The van der Waals surface area contributed by atoms with Crippen molar-refractivity contribution in [1.82, 2.24) is 14.8 Å². The fourth-order valence-electron chi connectivity index (χ4n) is 2.56. The van der Waals surface area contributed by atoms with Gasteiger partial charge in [0.05, 0.1) is 29.9 Å². The molecule has 0 aliphatic heterocycles. The van der Waals surface area contributed by atoms with Crippen molar-refractivity contribution < 1.29 is 18.7 Å². The van der Waals surface area contributed by atoms with E-state index in [1.807, 2.05) is 17.6 Å². The van der Waals surface area contributed by atoms with Gasteiger partial charge < -0.3 is 14.5 Å². The summed E-state index contributed by atoms with van der Waals surface area (Å²) in [6.07, 6.45) is 1.57. The Hall–Kier alpha value is -3.07. The first-order chi connectivity index (χ1) is 13.6. The maximum absolute atomic E-state index is 12.4. The zero-order valence-corrected chi connectivity index (χ0v) is 16.4. The highest BCUT2D eigenvalue weighted by Gasteiger charge is 2.17. The highest BCUT2D eigenvalue weighted by Crippen LogP contribution is 2.24. The minimum absolute atomic E-state index is 0.118. The van der Waals surface area contributed by atoms with Crippen LogP contribution in [0, 0.1) is 0 Å². The number of benzene rings is 1. The van der Waals surface area contributed by atoms with Gasteiger partial charge in [0.2, 0.25) is 5.91 Å². The van der Waals surface area contributed by atoms with Gasteiger partial charge in [-0.1, -0.05) is 23.9 Å². The van der Waals surface area contributed by atoms with Crippen LogP contribution in [0.5, 0.6) is 0 Å². The fourth-order valence-corrected chi connectivity index (χ4v) is 3.37. The van der Waals surface area contributed by atoms with Gasteiger partial charge in [-0.2, -0.15) is 0 Å². The van der Waals surface area contributed by atoms with Gasteiger partial charge in [0.25, 0.3) is 0 Å². The minimum Gasteiger partial charge on any atom is -0.462 e. The van der Waals surface area contributed by atoms with Crippen LogP contribution in [-0.2, 0) is 16.1 Å². The number of nitrogens with one attached hydrogen (secondary N) is 1. The number of esters is 1. The number of para-hydroxylation sites is 1. The first-order valence-electron chi connectivity index (χ1n) is 8.79. The average molecular weight is 400 g/mol. The van der Waals surface area contributed by atoms with E-state index in [9.17, 15) is 9.59 Å². The number of rotatable bonds is 8. The predicted molar refractivity (Wildman–Crippen MR) is 105 cm³/mol.